The number of nitrogens with zero attached hydrogens (tertiary/aromatic N) is 3. The SMILES string of the molecule is CC1=C(C)N(c2cccc(Oc3cc4c(-c5cc(C(C)(C)C)ccn5)cc5ccsc5c4s3)c2)CN1C. The summed E-state index contributed by atoms with van der Waals surface area (Å²) in [4.78, 5) is 9.38. The van der Waals surface area contributed by atoms with Crippen LogP contribution in [0.3, 0.4) is 0 Å². The van der Waals surface area contributed by atoms with E-state index in [0.717, 1.165) is 34.4 Å². The molecule has 1 aliphatic rings. The summed E-state index contributed by atoms with van der Waals surface area (Å²) in [6.07, 6.45) is 1.93. The Bertz CT molecular complexity index is 1670. The number of anilines is 1. The highest BCUT2D eigenvalue weighted by molar-refractivity contribution is 7.27. The summed E-state index contributed by atoms with van der Waals surface area (Å²) in [5.74, 6) is 0.848. The molecule has 2 aromatic carbocycles. The van der Waals surface area contributed by atoms with Gasteiger partial charge in [-0.2, -0.15) is 0 Å². The van der Waals surface area contributed by atoms with Gasteiger partial charge in [0.1, 0.15) is 5.75 Å². The average Bonchev–Trinajstić information content (AvgIpc) is 3.57. The minimum absolute atomic E-state index is 0.0629. The first kappa shape index (κ1) is 24.0. The Balaban J connectivity index is 1.41. The van der Waals surface area contributed by atoms with E-state index < -0.39 is 0 Å². The largest absolute Gasteiger partial charge is 0.447 e. The van der Waals surface area contributed by atoms with Crippen molar-refractivity contribution in [2.45, 2.75) is 40.0 Å². The molecule has 0 bridgehead atoms. The number of allylic oxidation sites excluding steroid dienone is 2. The van der Waals surface area contributed by atoms with Crippen LogP contribution in [0.1, 0.15) is 40.2 Å². The Morgan fingerprint density at radius 1 is 0.946 bits per heavy atom. The normalized spacial score (nSPS) is 14.4. The number of rotatable bonds is 4. The van der Waals surface area contributed by atoms with Crippen LogP contribution >= 0.6 is 22.7 Å². The number of benzene rings is 2. The van der Waals surface area contributed by atoms with E-state index in [1.165, 1.54) is 37.1 Å². The summed E-state index contributed by atoms with van der Waals surface area (Å²) in [6, 6.07) is 19.4. The van der Waals surface area contributed by atoms with Gasteiger partial charge in [0, 0.05) is 53.4 Å². The van der Waals surface area contributed by atoms with Gasteiger partial charge in [0.05, 0.1) is 21.8 Å². The number of hydrogen-bond acceptors (Lipinski definition) is 6. The molecular weight excluding hydrogens is 494 g/mol. The Labute approximate surface area is 226 Å². The van der Waals surface area contributed by atoms with Gasteiger partial charge in [0.15, 0.2) is 5.06 Å². The first-order chi connectivity index (χ1) is 17.7. The lowest BCUT2D eigenvalue weighted by Gasteiger charge is -2.21. The zero-order valence-corrected chi connectivity index (χ0v) is 23.8. The molecule has 0 unspecified atom stereocenters. The lowest BCUT2D eigenvalue weighted by Crippen LogP contribution is -2.24. The summed E-state index contributed by atoms with van der Waals surface area (Å²) < 4.78 is 9.05. The molecule has 4 heterocycles. The fourth-order valence-corrected chi connectivity index (χ4v) is 7.00. The number of ether oxygens (including phenoxy) is 1. The van der Waals surface area contributed by atoms with E-state index in [4.69, 9.17) is 9.72 Å². The maximum atomic E-state index is 6.49. The van der Waals surface area contributed by atoms with Crippen molar-refractivity contribution in [1.82, 2.24) is 9.88 Å². The predicted octanol–water partition coefficient (Wildman–Crippen LogP) is 9.23. The molecule has 6 heteroatoms. The number of fused-ring (bicyclic) bond motifs is 3. The van der Waals surface area contributed by atoms with E-state index >= 15 is 0 Å². The summed E-state index contributed by atoms with van der Waals surface area (Å²) in [6.45, 7) is 11.9. The lowest BCUT2D eigenvalue weighted by molar-refractivity contribution is 0.459. The number of pyridine rings is 1. The Morgan fingerprint density at radius 2 is 1.78 bits per heavy atom. The van der Waals surface area contributed by atoms with E-state index in [1.807, 2.05) is 12.3 Å². The molecule has 0 saturated heterocycles. The van der Waals surface area contributed by atoms with Gasteiger partial charge in [-0.25, -0.2) is 0 Å². The summed E-state index contributed by atoms with van der Waals surface area (Å²) in [5.41, 5.74) is 7.23. The molecule has 0 aliphatic carbocycles. The monoisotopic (exact) mass is 525 g/mol. The fraction of sp³-hybridized carbons (Fsp3) is 0.258. The topological polar surface area (TPSA) is 28.6 Å². The van der Waals surface area contributed by atoms with Crippen molar-refractivity contribution in [1.29, 1.82) is 0 Å². The van der Waals surface area contributed by atoms with Crippen LogP contribution in [0.5, 0.6) is 10.8 Å². The van der Waals surface area contributed by atoms with Gasteiger partial charge in [0.25, 0.3) is 0 Å². The van der Waals surface area contributed by atoms with Gasteiger partial charge in [-0.15, -0.1) is 11.3 Å². The van der Waals surface area contributed by atoms with Gasteiger partial charge in [0.2, 0.25) is 0 Å². The quantitative estimate of drug-likeness (QED) is 0.234. The van der Waals surface area contributed by atoms with Crippen molar-refractivity contribution in [3.05, 3.63) is 83.1 Å². The van der Waals surface area contributed by atoms with Crippen LogP contribution in [0.4, 0.5) is 5.69 Å². The highest BCUT2D eigenvalue weighted by Gasteiger charge is 2.22. The summed E-state index contributed by atoms with van der Waals surface area (Å²) in [5, 5.41) is 5.51. The smallest absolute Gasteiger partial charge is 0.182 e. The molecular formula is C31H31N3OS2. The van der Waals surface area contributed by atoms with Crippen LogP contribution in [0.2, 0.25) is 0 Å². The van der Waals surface area contributed by atoms with Gasteiger partial charge in [-0.05, 0) is 72.0 Å². The van der Waals surface area contributed by atoms with Crippen LogP contribution in [-0.2, 0) is 5.41 Å². The minimum atomic E-state index is 0.0629. The van der Waals surface area contributed by atoms with E-state index in [2.05, 4.69) is 105 Å². The van der Waals surface area contributed by atoms with Gasteiger partial charge >= 0.3 is 0 Å². The third kappa shape index (κ3) is 4.28. The van der Waals surface area contributed by atoms with Crippen molar-refractivity contribution in [2.24, 2.45) is 0 Å². The van der Waals surface area contributed by atoms with Crippen LogP contribution in [0.25, 0.3) is 31.4 Å². The van der Waals surface area contributed by atoms with E-state index in [1.54, 1.807) is 22.7 Å². The van der Waals surface area contributed by atoms with Crippen LogP contribution < -0.4 is 9.64 Å². The third-order valence-corrected chi connectivity index (χ3v) is 9.41. The second-order valence-electron chi connectivity index (χ2n) is 10.8. The molecule has 0 amide bonds. The van der Waals surface area contributed by atoms with E-state index in [0.29, 0.717) is 0 Å². The molecule has 188 valence electrons. The molecule has 0 atom stereocenters. The summed E-state index contributed by atoms with van der Waals surface area (Å²) in [7, 11) is 2.13. The molecule has 6 rings (SSSR count). The predicted molar refractivity (Wildman–Crippen MR) is 159 cm³/mol. The van der Waals surface area contributed by atoms with Crippen molar-refractivity contribution in [2.75, 3.05) is 18.6 Å². The van der Waals surface area contributed by atoms with Gasteiger partial charge in [-0.3, -0.25) is 4.98 Å². The second-order valence-corrected chi connectivity index (χ2v) is 12.7. The van der Waals surface area contributed by atoms with Crippen LogP contribution in [0.15, 0.2) is 77.6 Å². The van der Waals surface area contributed by atoms with E-state index in [-0.39, 0.29) is 5.41 Å². The Morgan fingerprint density at radius 3 is 2.54 bits per heavy atom. The first-order valence-electron chi connectivity index (χ1n) is 12.5. The van der Waals surface area contributed by atoms with Crippen LogP contribution in [-0.4, -0.2) is 23.6 Å². The average molecular weight is 526 g/mol. The summed E-state index contributed by atoms with van der Waals surface area (Å²) >= 11 is 3.50. The molecule has 0 radical (unpaired) electrons. The zero-order chi connectivity index (χ0) is 25.9. The number of hydrogen-bond donors (Lipinski definition) is 0. The number of aromatic nitrogens is 1. The van der Waals surface area contributed by atoms with Crippen LogP contribution in [0, 0.1) is 0 Å². The van der Waals surface area contributed by atoms with Gasteiger partial charge < -0.3 is 14.5 Å². The molecule has 0 spiro atoms. The molecule has 3 aromatic heterocycles. The molecule has 1 aliphatic heterocycles. The lowest BCUT2D eigenvalue weighted by atomic mass is 9.86. The standard InChI is InChI=1S/C31H31N3OS2/c1-19-20(2)34(18-33(19)6)23-8-7-9-24(16-23)35-28-17-26-25(14-21-11-13-36-29(21)30(26)37-28)27-15-22(10-12-32-27)31(3,4)5/h7-17H,18H2,1-6H3. The molecule has 37 heavy (non-hydrogen) atoms. The van der Waals surface area contributed by atoms with Crippen molar-refractivity contribution >= 4 is 48.5 Å². The molecule has 0 saturated carbocycles. The molecule has 4 nitrogen and oxygen atoms in total. The molecule has 0 fully saturated rings. The first-order valence-corrected chi connectivity index (χ1v) is 14.2. The maximum Gasteiger partial charge on any atom is 0.182 e. The van der Waals surface area contributed by atoms with Gasteiger partial charge in [-0.1, -0.05) is 38.2 Å². The van der Waals surface area contributed by atoms with Crippen molar-refractivity contribution in [3.63, 3.8) is 0 Å². The number of thiophene rings is 2. The second kappa shape index (κ2) is 8.89. The zero-order valence-electron chi connectivity index (χ0n) is 22.1. The third-order valence-electron chi connectivity index (χ3n) is 7.31. The van der Waals surface area contributed by atoms with Crippen molar-refractivity contribution < 1.29 is 4.74 Å². The van der Waals surface area contributed by atoms with E-state index in [9.17, 15) is 0 Å². The Hall–Kier alpha value is -3.35. The molecule has 5 aromatic rings. The molecule has 0 N–H and O–H groups in total. The highest BCUT2D eigenvalue weighted by atomic mass is 32.1. The highest BCUT2D eigenvalue weighted by Crippen LogP contribution is 2.45. The minimum Gasteiger partial charge on any atom is -0.447 e. The van der Waals surface area contributed by atoms with Crippen molar-refractivity contribution in [3.8, 4) is 22.1 Å². The Kier molecular flexibility index (Phi) is 5.77. The fourth-order valence-electron chi connectivity index (χ4n) is 4.90. The maximum absolute atomic E-state index is 6.49.